The van der Waals surface area contributed by atoms with Gasteiger partial charge in [-0.1, -0.05) is 32.0 Å². The van der Waals surface area contributed by atoms with Crippen molar-refractivity contribution in [3.8, 4) is 0 Å². The molecule has 2 nitrogen and oxygen atoms in total. The van der Waals surface area contributed by atoms with Crippen molar-refractivity contribution in [3.05, 3.63) is 35.4 Å². The van der Waals surface area contributed by atoms with Gasteiger partial charge in [0, 0.05) is 6.04 Å². The Balaban J connectivity index is 2.70. The molecule has 106 valence electrons. The van der Waals surface area contributed by atoms with Crippen molar-refractivity contribution in [1.82, 2.24) is 5.32 Å². The van der Waals surface area contributed by atoms with E-state index in [2.05, 4.69) is 5.32 Å². The molecule has 1 N–H and O–H groups in total. The second-order valence-corrected chi connectivity index (χ2v) is 4.98. The molecular formula is C14H18F3NO. The molecule has 1 amide bonds. The average molecular weight is 273 g/mol. The van der Waals surface area contributed by atoms with E-state index in [1.54, 1.807) is 0 Å². The molecular weight excluding hydrogens is 255 g/mol. The molecule has 0 bridgehead atoms. The summed E-state index contributed by atoms with van der Waals surface area (Å²) in [5, 5.41) is 2.77. The summed E-state index contributed by atoms with van der Waals surface area (Å²) in [5.41, 5.74) is -0.363. The van der Waals surface area contributed by atoms with Gasteiger partial charge in [-0.3, -0.25) is 4.79 Å². The molecule has 1 rings (SSSR count). The zero-order valence-electron chi connectivity index (χ0n) is 11.2. The SMILES string of the molecule is CC(C)C(C)NC(=O)Cc1cccc(C(F)(F)F)c1. The van der Waals surface area contributed by atoms with Gasteiger partial charge in [0.25, 0.3) is 0 Å². The summed E-state index contributed by atoms with van der Waals surface area (Å²) in [5.74, 6) is 0.0194. The summed E-state index contributed by atoms with van der Waals surface area (Å²) in [4.78, 5) is 11.7. The van der Waals surface area contributed by atoms with Crippen LogP contribution < -0.4 is 5.32 Å². The van der Waals surface area contributed by atoms with Crippen LogP contribution in [0.5, 0.6) is 0 Å². The van der Waals surface area contributed by atoms with E-state index in [1.807, 2.05) is 20.8 Å². The molecule has 0 aliphatic heterocycles. The number of hydrogen-bond acceptors (Lipinski definition) is 1. The summed E-state index contributed by atoms with van der Waals surface area (Å²) in [7, 11) is 0. The van der Waals surface area contributed by atoms with Crippen LogP contribution in [-0.2, 0) is 17.4 Å². The highest BCUT2D eigenvalue weighted by Crippen LogP contribution is 2.29. The minimum absolute atomic E-state index is 0.00158. The lowest BCUT2D eigenvalue weighted by molar-refractivity contribution is -0.137. The summed E-state index contributed by atoms with van der Waals surface area (Å²) in [6.07, 6.45) is -4.42. The first kappa shape index (κ1) is 15.5. The molecule has 1 unspecified atom stereocenters. The van der Waals surface area contributed by atoms with E-state index < -0.39 is 11.7 Å². The topological polar surface area (TPSA) is 29.1 Å². The number of hydrogen-bond donors (Lipinski definition) is 1. The van der Waals surface area contributed by atoms with Gasteiger partial charge in [0.05, 0.1) is 12.0 Å². The van der Waals surface area contributed by atoms with Crippen molar-refractivity contribution in [1.29, 1.82) is 0 Å². The van der Waals surface area contributed by atoms with Crippen molar-refractivity contribution in [3.63, 3.8) is 0 Å². The van der Waals surface area contributed by atoms with Crippen LogP contribution in [0.25, 0.3) is 0 Å². The second kappa shape index (κ2) is 6.08. The number of rotatable bonds is 4. The van der Waals surface area contributed by atoms with Gasteiger partial charge in [-0.25, -0.2) is 0 Å². The molecule has 5 heteroatoms. The fourth-order valence-corrected chi connectivity index (χ4v) is 1.51. The molecule has 0 aromatic heterocycles. The van der Waals surface area contributed by atoms with Gasteiger partial charge in [-0.05, 0) is 24.5 Å². The maximum atomic E-state index is 12.5. The zero-order chi connectivity index (χ0) is 14.6. The maximum Gasteiger partial charge on any atom is 0.416 e. The largest absolute Gasteiger partial charge is 0.416 e. The number of halogens is 3. The van der Waals surface area contributed by atoms with E-state index in [-0.39, 0.29) is 24.3 Å². The van der Waals surface area contributed by atoms with Crippen molar-refractivity contribution in [2.75, 3.05) is 0 Å². The van der Waals surface area contributed by atoms with Gasteiger partial charge < -0.3 is 5.32 Å². The van der Waals surface area contributed by atoms with Gasteiger partial charge in [0.15, 0.2) is 0 Å². The predicted octanol–water partition coefficient (Wildman–Crippen LogP) is 3.41. The van der Waals surface area contributed by atoms with Crippen LogP contribution in [0, 0.1) is 5.92 Å². The Morgan fingerprint density at radius 3 is 2.42 bits per heavy atom. The average Bonchev–Trinajstić information content (AvgIpc) is 2.27. The highest BCUT2D eigenvalue weighted by atomic mass is 19.4. The van der Waals surface area contributed by atoms with E-state index in [4.69, 9.17) is 0 Å². The molecule has 1 aromatic rings. The lowest BCUT2D eigenvalue weighted by Crippen LogP contribution is -2.37. The summed E-state index contributed by atoms with van der Waals surface area (Å²) in [6, 6.07) is 4.85. The molecule has 19 heavy (non-hydrogen) atoms. The lowest BCUT2D eigenvalue weighted by Gasteiger charge is -2.17. The highest BCUT2D eigenvalue weighted by Gasteiger charge is 2.30. The molecule has 0 aliphatic rings. The van der Waals surface area contributed by atoms with Crippen LogP contribution in [0.3, 0.4) is 0 Å². The monoisotopic (exact) mass is 273 g/mol. The second-order valence-electron chi connectivity index (χ2n) is 4.98. The Bertz CT molecular complexity index is 441. The fraction of sp³-hybridized carbons (Fsp3) is 0.500. The first-order chi connectivity index (χ1) is 8.70. The van der Waals surface area contributed by atoms with Crippen molar-refractivity contribution in [2.45, 2.75) is 39.4 Å². The molecule has 1 atom stereocenters. The number of benzene rings is 1. The van der Waals surface area contributed by atoms with Crippen LogP contribution in [0.1, 0.15) is 31.9 Å². The first-order valence-electron chi connectivity index (χ1n) is 6.15. The Morgan fingerprint density at radius 2 is 1.89 bits per heavy atom. The summed E-state index contributed by atoms with van der Waals surface area (Å²) >= 11 is 0. The number of carbonyl (C=O) groups is 1. The molecule has 0 spiro atoms. The van der Waals surface area contributed by atoms with E-state index in [9.17, 15) is 18.0 Å². The third kappa shape index (κ3) is 4.93. The number of amides is 1. The fourth-order valence-electron chi connectivity index (χ4n) is 1.51. The maximum absolute atomic E-state index is 12.5. The minimum atomic E-state index is -4.38. The van der Waals surface area contributed by atoms with Crippen LogP contribution in [0.2, 0.25) is 0 Å². The number of nitrogens with one attached hydrogen (secondary N) is 1. The Morgan fingerprint density at radius 1 is 1.26 bits per heavy atom. The zero-order valence-corrected chi connectivity index (χ0v) is 11.2. The number of carbonyl (C=O) groups excluding carboxylic acids is 1. The minimum Gasteiger partial charge on any atom is -0.353 e. The van der Waals surface area contributed by atoms with Crippen LogP contribution in [-0.4, -0.2) is 11.9 Å². The number of alkyl halides is 3. The predicted molar refractivity (Wildman–Crippen MR) is 67.6 cm³/mol. The molecule has 1 aromatic carbocycles. The van der Waals surface area contributed by atoms with Gasteiger partial charge in [-0.2, -0.15) is 13.2 Å². The van der Waals surface area contributed by atoms with Crippen molar-refractivity contribution >= 4 is 5.91 Å². The Kier molecular flexibility index (Phi) is 4.97. The van der Waals surface area contributed by atoms with Crippen LogP contribution in [0.15, 0.2) is 24.3 Å². The van der Waals surface area contributed by atoms with E-state index >= 15 is 0 Å². The normalized spacial score (nSPS) is 13.4. The molecule has 0 saturated heterocycles. The third-order valence-electron chi connectivity index (χ3n) is 3.01. The smallest absolute Gasteiger partial charge is 0.353 e. The summed E-state index contributed by atoms with van der Waals surface area (Å²) in [6.45, 7) is 5.80. The first-order valence-corrected chi connectivity index (χ1v) is 6.15. The summed E-state index contributed by atoms with van der Waals surface area (Å²) < 4.78 is 37.6. The van der Waals surface area contributed by atoms with Gasteiger partial charge >= 0.3 is 6.18 Å². The Hall–Kier alpha value is -1.52. The standard InChI is InChI=1S/C14H18F3NO/c1-9(2)10(3)18-13(19)8-11-5-4-6-12(7-11)14(15,16)17/h4-7,9-10H,8H2,1-3H3,(H,18,19). The van der Waals surface area contributed by atoms with Gasteiger partial charge in [0.2, 0.25) is 5.91 Å². The van der Waals surface area contributed by atoms with Crippen molar-refractivity contribution < 1.29 is 18.0 Å². The van der Waals surface area contributed by atoms with Crippen LogP contribution >= 0.6 is 0 Å². The van der Waals surface area contributed by atoms with E-state index in [0.29, 0.717) is 5.56 Å². The molecule has 0 saturated carbocycles. The van der Waals surface area contributed by atoms with Crippen molar-refractivity contribution in [2.24, 2.45) is 5.92 Å². The molecule has 0 radical (unpaired) electrons. The quantitative estimate of drug-likeness (QED) is 0.895. The molecule has 0 heterocycles. The van der Waals surface area contributed by atoms with Gasteiger partial charge in [0.1, 0.15) is 0 Å². The van der Waals surface area contributed by atoms with E-state index in [1.165, 1.54) is 12.1 Å². The molecule has 0 fully saturated rings. The third-order valence-corrected chi connectivity index (χ3v) is 3.01. The van der Waals surface area contributed by atoms with Gasteiger partial charge in [-0.15, -0.1) is 0 Å². The molecule has 0 aliphatic carbocycles. The Labute approximate surface area is 111 Å². The highest BCUT2D eigenvalue weighted by molar-refractivity contribution is 5.78. The lowest BCUT2D eigenvalue weighted by atomic mass is 10.0. The van der Waals surface area contributed by atoms with E-state index in [0.717, 1.165) is 12.1 Å². The van der Waals surface area contributed by atoms with Crippen LogP contribution in [0.4, 0.5) is 13.2 Å².